The molecule has 0 aromatic heterocycles. The third-order valence-corrected chi connectivity index (χ3v) is 3.78. The number of carbonyl (C=O) groups is 1. The maximum absolute atomic E-state index is 11.2. The Morgan fingerprint density at radius 2 is 2.15 bits per heavy atom. The lowest BCUT2D eigenvalue weighted by molar-refractivity contribution is -0.140. The largest absolute Gasteiger partial charge is 0.496 e. The summed E-state index contributed by atoms with van der Waals surface area (Å²) in [6, 6.07) is 5.43. The fourth-order valence-electron chi connectivity index (χ4n) is 1.97. The van der Waals surface area contributed by atoms with E-state index in [4.69, 9.17) is 4.74 Å². The molecule has 0 aliphatic heterocycles. The van der Waals surface area contributed by atoms with Crippen LogP contribution < -0.4 is 10.1 Å². The van der Waals surface area contributed by atoms with Crippen molar-refractivity contribution < 1.29 is 14.6 Å². The molecule has 0 heterocycles. The standard InChI is InChI=1S/C15H23NO3S/c1-10(2)7-12(15(17)18)16-9-11-5-6-14(20-4)13(8-11)19-3/h5-6,8,10,12,16H,7,9H2,1-4H3,(H,17,18)/t12-/m0/s1. The topological polar surface area (TPSA) is 58.6 Å². The molecule has 1 aromatic rings. The van der Waals surface area contributed by atoms with Crippen LogP contribution in [0.15, 0.2) is 23.1 Å². The first-order valence-corrected chi connectivity index (χ1v) is 7.87. The maximum atomic E-state index is 11.2. The molecule has 1 aromatic carbocycles. The molecule has 0 bridgehead atoms. The first kappa shape index (κ1) is 16.9. The second-order valence-corrected chi connectivity index (χ2v) is 5.94. The average molecular weight is 297 g/mol. The summed E-state index contributed by atoms with van der Waals surface area (Å²) < 4.78 is 5.33. The van der Waals surface area contributed by atoms with E-state index in [2.05, 4.69) is 5.32 Å². The van der Waals surface area contributed by atoms with Gasteiger partial charge in [0.1, 0.15) is 11.8 Å². The van der Waals surface area contributed by atoms with Crippen LogP contribution in [0.25, 0.3) is 0 Å². The van der Waals surface area contributed by atoms with E-state index in [9.17, 15) is 9.90 Å². The summed E-state index contributed by atoms with van der Waals surface area (Å²) >= 11 is 1.63. The van der Waals surface area contributed by atoms with Crippen molar-refractivity contribution in [3.63, 3.8) is 0 Å². The number of hydrogen-bond acceptors (Lipinski definition) is 4. The summed E-state index contributed by atoms with van der Waals surface area (Å²) in [5.74, 6) is 0.371. The van der Waals surface area contributed by atoms with Crippen molar-refractivity contribution >= 4 is 17.7 Å². The second kappa shape index (κ2) is 8.17. The van der Waals surface area contributed by atoms with Gasteiger partial charge in [0.05, 0.1) is 7.11 Å². The fraction of sp³-hybridized carbons (Fsp3) is 0.533. The van der Waals surface area contributed by atoms with Gasteiger partial charge in [-0.3, -0.25) is 4.79 Å². The molecule has 4 nitrogen and oxygen atoms in total. The number of nitrogens with one attached hydrogen (secondary N) is 1. The van der Waals surface area contributed by atoms with Crippen molar-refractivity contribution in [3.05, 3.63) is 23.8 Å². The van der Waals surface area contributed by atoms with Gasteiger partial charge in [-0.2, -0.15) is 0 Å². The van der Waals surface area contributed by atoms with Gasteiger partial charge in [0.15, 0.2) is 0 Å². The van der Waals surface area contributed by atoms with E-state index < -0.39 is 12.0 Å². The van der Waals surface area contributed by atoms with E-state index in [0.717, 1.165) is 16.2 Å². The summed E-state index contributed by atoms with van der Waals surface area (Å²) in [6.45, 7) is 4.57. The molecular formula is C15H23NO3S. The zero-order chi connectivity index (χ0) is 15.1. The molecule has 0 fully saturated rings. The Balaban J connectivity index is 2.70. The Morgan fingerprint density at radius 1 is 1.45 bits per heavy atom. The molecule has 112 valence electrons. The van der Waals surface area contributed by atoms with Crippen molar-refractivity contribution in [1.29, 1.82) is 0 Å². The number of ether oxygens (including phenoxy) is 1. The van der Waals surface area contributed by atoms with Crippen LogP contribution in [0.5, 0.6) is 5.75 Å². The number of aliphatic carboxylic acids is 1. The molecule has 0 saturated carbocycles. The number of thioether (sulfide) groups is 1. The highest BCUT2D eigenvalue weighted by molar-refractivity contribution is 7.98. The van der Waals surface area contributed by atoms with Crippen LogP contribution in [0.1, 0.15) is 25.8 Å². The average Bonchev–Trinajstić information content (AvgIpc) is 2.42. The fourth-order valence-corrected chi connectivity index (χ4v) is 2.52. The zero-order valence-corrected chi connectivity index (χ0v) is 13.3. The molecule has 0 amide bonds. The van der Waals surface area contributed by atoms with Crippen molar-refractivity contribution in [2.24, 2.45) is 5.92 Å². The van der Waals surface area contributed by atoms with Crippen molar-refractivity contribution in [2.75, 3.05) is 13.4 Å². The summed E-state index contributed by atoms with van der Waals surface area (Å²) in [4.78, 5) is 12.3. The van der Waals surface area contributed by atoms with Crippen LogP contribution in [0.2, 0.25) is 0 Å². The van der Waals surface area contributed by atoms with Crippen molar-refractivity contribution in [1.82, 2.24) is 5.32 Å². The summed E-state index contributed by atoms with van der Waals surface area (Å²) in [6.07, 6.45) is 2.62. The molecule has 1 rings (SSSR count). The highest BCUT2D eigenvalue weighted by atomic mass is 32.2. The van der Waals surface area contributed by atoms with Gasteiger partial charge in [0.25, 0.3) is 0 Å². The van der Waals surface area contributed by atoms with Gasteiger partial charge in [-0.05, 0) is 36.3 Å². The lowest BCUT2D eigenvalue weighted by Gasteiger charge is -2.17. The number of rotatable bonds is 8. The highest BCUT2D eigenvalue weighted by Crippen LogP contribution is 2.28. The minimum atomic E-state index is -0.800. The zero-order valence-electron chi connectivity index (χ0n) is 12.5. The third-order valence-electron chi connectivity index (χ3n) is 3.01. The quantitative estimate of drug-likeness (QED) is 0.722. The van der Waals surface area contributed by atoms with Gasteiger partial charge in [-0.1, -0.05) is 19.9 Å². The Kier molecular flexibility index (Phi) is 6.88. The van der Waals surface area contributed by atoms with Crippen molar-refractivity contribution in [3.8, 4) is 5.75 Å². The number of carboxylic acids is 1. The monoisotopic (exact) mass is 297 g/mol. The van der Waals surface area contributed by atoms with E-state index >= 15 is 0 Å². The van der Waals surface area contributed by atoms with E-state index in [0.29, 0.717) is 18.9 Å². The van der Waals surface area contributed by atoms with Crippen LogP contribution in [-0.4, -0.2) is 30.5 Å². The Hall–Kier alpha value is -1.20. The molecule has 0 radical (unpaired) electrons. The van der Waals surface area contributed by atoms with E-state index in [1.165, 1.54) is 0 Å². The van der Waals surface area contributed by atoms with E-state index in [1.54, 1.807) is 18.9 Å². The van der Waals surface area contributed by atoms with Crippen LogP contribution >= 0.6 is 11.8 Å². The molecule has 0 unspecified atom stereocenters. The van der Waals surface area contributed by atoms with Gasteiger partial charge in [-0.25, -0.2) is 0 Å². The SMILES string of the molecule is COc1cc(CN[C@@H](CC(C)C)C(=O)O)ccc1SC. The molecule has 5 heteroatoms. The predicted octanol–water partition coefficient (Wildman–Crippen LogP) is 3.01. The molecule has 2 N–H and O–H groups in total. The second-order valence-electron chi connectivity index (χ2n) is 5.09. The summed E-state index contributed by atoms with van der Waals surface area (Å²) in [5, 5.41) is 12.3. The Labute approximate surface area is 124 Å². The number of carboxylic acid groups (broad SMARTS) is 1. The lowest BCUT2D eigenvalue weighted by Crippen LogP contribution is -2.37. The predicted molar refractivity (Wildman–Crippen MR) is 82.5 cm³/mol. The molecule has 20 heavy (non-hydrogen) atoms. The maximum Gasteiger partial charge on any atom is 0.320 e. The molecule has 0 spiro atoms. The van der Waals surface area contributed by atoms with Gasteiger partial charge in [0, 0.05) is 11.4 Å². The number of methoxy groups -OCH3 is 1. The minimum absolute atomic E-state index is 0.344. The van der Waals surface area contributed by atoms with E-state index in [-0.39, 0.29) is 0 Å². The first-order valence-electron chi connectivity index (χ1n) is 6.65. The van der Waals surface area contributed by atoms with Crippen LogP contribution in [0.4, 0.5) is 0 Å². The smallest absolute Gasteiger partial charge is 0.320 e. The number of hydrogen-bond donors (Lipinski definition) is 2. The summed E-state index contributed by atoms with van der Waals surface area (Å²) in [5.41, 5.74) is 1.02. The van der Waals surface area contributed by atoms with Gasteiger partial charge >= 0.3 is 5.97 Å². The van der Waals surface area contributed by atoms with E-state index in [1.807, 2.05) is 38.3 Å². The first-order chi connectivity index (χ1) is 9.47. The molecule has 0 aliphatic carbocycles. The third kappa shape index (κ3) is 5.06. The molecule has 0 aliphatic rings. The van der Waals surface area contributed by atoms with Gasteiger partial charge in [0.2, 0.25) is 0 Å². The normalized spacial score (nSPS) is 12.4. The molecular weight excluding hydrogens is 274 g/mol. The Morgan fingerprint density at radius 3 is 2.65 bits per heavy atom. The van der Waals surface area contributed by atoms with Crippen molar-refractivity contribution in [2.45, 2.75) is 37.8 Å². The highest BCUT2D eigenvalue weighted by Gasteiger charge is 2.18. The van der Waals surface area contributed by atoms with Gasteiger partial charge in [-0.15, -0.1) is 11.8 Å². The molecule has 0 saturated heterocycles. The summed E-state index contributed by atoms with van der Waals surface area (Å²) in [7, 11) is 1.64. The Bertz CT molecular complexity index is 449. The lowest BCUT2D eigenvalue weighted by atomic mass is 10.0. The van der Waals surface area contributed by atoms with Gasteiger partial charge < -0.3 is 15.2 Å². The number of benzene rings is 1. The van der Waals surface area contributed by atoms with Crippen LogP contribution in [-0.2, 0) is 11.3 Å². The van der Waals surface area contributed by atoms with Crippen LogP contribution in [0, 0.1) is 5.92 Å². The van der Waals surface area contributed by atoms with Crippen LogP contribution in [0.3, 0.4) is 0 Å². The minimum Gasteiger partial charge on any atom is -0.496 e. The molecule has 1 atom stereocenters.